The van der Waals surface area contributed by atoms with Crippen LogP contribution < -0.4 is 4.74 Å². The normalized spacial score (nSPS) is 11.6. The van der Waals surface area contributed by atoms with Gasteiger partial charge in [-0.05, 0) is 61.9 Å². The summed E-state index contributed by atoms with van der Waals surface area (Å²) in [7, 11) is 0. The van der Waals surface area contributed by atoms with Crippen molar-refractivity contribution in [3.05, 3.63) is 52.2 Å². The molecule has 4 heterocycles. The number of benzene rings is 1. The lowest BCUT2D eigenvalue weighted by atomic mass is 9.98. The molecular weight excluding hydrogens is 593 g/mol. The van der Waals surface area contributed by atoms with Crippen LogP contribution in [0, 0.1) is 6.92 Å². The molecule has 224 valence electrons. The quantitative estimate of drug-likeness (QED) is 0.0898. The highest BCUT2D eigenvalue weighted by Gasteiger charge is 2.25. The molecule has 0 fully saturated rings. The second-order valence-electron chi connectivity index (χ2n) is 11.2. The monoisotopic (exact) mass is 636 g/mol. The van der Waals surface area contributed by atoms with Crippen LogP contribution in [0.5, 0.6) is 5.75 Å². The third kappa shape index (κ3) is 7.71. The van der Waals surface area contributed by atoms with E-state index in [4.69, 9.17) is 13.5 Å². The summed E-state index contributed by atoms with van der Waals surface area (Å²) >= 11 is 6.88. The maximum absolute atomic E-state index is 6.69. The molecule has 0 bridgehead atoms. The Bertz CT molecular complexity index is 1510. The van der Waals surface area contributed by atoms with Crippen molar-refractivity contribution in [2.75, 3.05) is 6.61 Å². The molecule has 0 spiro atoms. The maximum atomic E-state index is 6.69. The standard InChI is InChI=1S/C35H44N2OS4/c1-4-6-8-10-12-14-17-26-19-20-27(40-26)28-21-22-30(41-28)32-34-33(36-42-37-34)31(29-18-16-24-39-29)25(3)35(32)38-23-15-13-11-9-7-5-2/h16,18-22,24H,4-15,17,23H2,1-3H3. The number of fused-ring (bicyclic) bond motifs is 1. The molecule has 0 amide bonds. The van der Waals surface area contributed by atoms with Gasteiger partial charge in [0.15, 0.2) is 0 Å². The van der Waals surface area contributed by atoms with Crippen molar-refractivity contribution in [2.24, 2.45) is 0 Å². The molecule has 5 rings (SSSR count). The maximum Gasteiger partial charge on any atom is 0.133 e. The van der Waals surface area contributed by atoms with E-state index < -0.39 is 0 Å². The van der Waals surface area contributed by atoms with E-state index in [1.165, 1.54) is 124 Å². The first-order chi connectivity index (χ1) is 20.7. The number of aromatic nitrogens is 2. The van der Waals surface area contributed by atoms with Gasteiger partial charge in [0.05, 0.1) is 23.9 Å². The number of ether oxygens (including phenoxy) is 1. The van der Waals surface area contributed by atoms with Gasteiger partial charge in [-0.15, -0.1) is 34.0 Å². The number of rotatable bonds is 18. The van der Waals surface area contributed by atoms with Crippen LogP contribution in [-0.2, 0) is 6.42 Å². The Morgan fingerprint density at radius 3 is 2.02 bits per heavy atom. The minimum Gasteiger partial charge on any atom is -0.493 e. The molecule has 4 aromatic heterocycles. The summed E-state index contributed by atoms with van der Waals surface area (Å²) in [6.45, 7) is 7.49. The average Bonchev–Trinajstić information content (AvgIpc) is 3.82. The highest BCUT2D eigenvalue weighted by Crippen LogP contribution is 2.49. The molecule has 7 heteroatoms. The average molecular weight is 637 g/mol. The Morgan fingerprint density at radius 1 is 0.643 bits per heavy atom. The second-order valence-corrected chi connectivity index (χ2v) is 14.9. The summed E-state index contributed by atoms with van der Waals surface area (Å²) in [4.78, 5) is 6.63. The fourth-order valence-electron chi connectivity index (χ4n) is 5.62. The van der Waals surface area contributed by atoms with E-state index in [-0.39, 0.29) is 0 Å². The van der Waals surface area contributed by atoms with Crippen LogP contribution >= 0.6 is 45.7 Å². The van der Waals surface area contributed by atoms with Gasteiger partial charge in [0.25, 0.3) is 0 Å². The van der Waals surface area contributed by atoms with Gasteiger partial charge in [-0.25, -0.2) is 0 Å². The van der Waals surface area contributed by atoms with E-state index >= 15 is 0 Å². The van der Waals surface area contributed by atoms with E-state index in [0.717, 1.165) is 35.4 Å². The Kier molecular flexibility index (Phi) is 12.1. The van der Waals surface area contributed by atoms with Crippen molar-refractivity contribution in [1.29, 1.82) is 0 Å². The molecule has 1 aromatic carbocycles. The Hall–Kier alpha value is -2.06. The van der Waals surface area contributed by atoms with Crippen LogP contribution in [0.25, 0.3) is 41.7 Å². The van der Waals surface area contributed by atoms with E-state index in [1.807, 2.05) is 22.7 Å². The molecule has 3 nitrogen and oxygen atoms in total. The lowest BCUT2D eigenvalue weighted by Crippen LogP contribution is -2.02. The molecule has 0 radical (unpaired) electrons. The minimum atomic E-state index is 0.734. The van der Waals surface area contributed by atoms with Crippen molar-refractivity contribution < 1.29 is 4.74 Å². The van der Waals surface area contributed by atoms with Crippen molar-refractivity contribution in [1.82, 2.24) is 8.75 Å². The number of hydrogen-bond donors (Lipinski definition) is 0. The van der Waals surface area contributed by atoms with Crippen LogP contribution in [0.4, 0.5) is 0 Å². The Labute approximate surface area is 268 Å². The number of aryl methyl sites for hydroxylation is 1. The van der Waals surface area contributed by atoms with Crippen LogP contribution in [-0.4, -0.2) is 15.4 Å². The fraction of sp³-hybridized carbons (Fsp3) is 0.486. The van der Waals surface area contributed by atoms with Gasteiger partial charge in [-0.2, -0.15) is 8.75 Å². The van der Waals surface area contributed by atoms with Gasteiger partial charge in [0, 0.05) is 35.5 Å². The van der Waals surface area contributed by atoms with Gasteiger partial charge in [0.2, 0.25) is 0 Å². The molecule has 0 unspecified atom stereocenters. The molecule has 0 aliphatic heterocycles. The molecule has 0 atom stereocenters. The molecule has 0 aliphatic carbocycles. The predicted molar refractivity (Wildman–Crippen MR) is 188 cm³/mol. The first-order valence-corrected chi connectivity index (χ1v) is 19.1. The minimum absolute atomic E-state index is 0.734. The summed E-state index contributed by atoms with van der Waals surface area (Å²) in [6.07, 6.45) is 16.8. The van der Waals surface area contributed by atoms with E-state index in [0.29, 0.717) is 0 Å². The summed E-state index contributed by atoms with van der Waals surface area (Å²) in [5, 5.41) is 2.14. The first-order valence-electron chi connectivity index (χ1n) is 15.9. The summed E-state index contributed by atoms with van der Waals surface area (Å²) in [5.74, 6) is 0.982. The number of thiophene rings is 3. The fourth-order valence-corrected chi connectivity index (χ4v) is 9.20. The first kappa shape index (κ1) is 31.4. The molecule has 0 saturated heterocycles. The van der Waals surface area contributed by atoms with Crippen molar-refractivity contribution >= 4 is 56.8 Å². The second kappa shape index (κ2) is 16.1. The number of nitrogens with zero attached hydrogens (tertiary/aromatic N) is 2. The van der Waals surface area contributed by atoms with Crippen LogP contribution in [0.3, 0.4) is 0 Å². The smallest absolute Gasteiger partial charge is 0.133 e. The Balaban J connectivity index is 1.39. The molecule has 42 heavy (non-hydrogen) atoms. The van der Waals surface area contributed by atoms with Crippen LogP contribution in [0.2, 0.25) is 0 Å². The zero-order chi connectivity index (χ0) is 29.1. The predicted octanol–water partition coefficient (Wildman–Crippen LogP) is 12.8. The van der Waals surface area contributed by atoms with E-state index in [2.05, 4.69) is 62.5 Å². The molecule has 0 aliphatic rings. The molecule has 0 N–H and O–H groups in total. The van der Waals surface area contributed by atoms with Crippen molar-refractivity contribution in [2.45, 2.75) is 104 Å². The highest BCUT2D eigenvalue weighted by molar-refractivity contribution is 7.24. The summed E-state index contributed by atoms with van der Waals surface area (Å²) in [5.41, 5.74) is 5.42. The molecular formula is C35H44N2OS4. The van der Waals surface area contributed by atoms with Gasteiger partial charge >= 0.3 is 0 Å². The third-order valence-electron chi connectivity index (χ3n) is 7.95. The molecule has 0 saturated carbocycles. The van der Waals surface area contributed by atoms with E-state index in [1.54, 1.807) is 11.3 Å². The zero-order valence-electron chi connectivity index (χ0n) is 25.4. The van der Waals surface area contributed by atoms with Crippen LogP contribution in [0.1, 0.15) is 101 Å². The Morgan fingerprint density at radius 2 is 1.29 bits per heavy atom. The SMILES string of the molecule is CCCCCCCCOc1c(C)c(-c2cccs2)c2nsnc2c1-c1ccc(-c2ccc(CCCCCCCC)s2)s1. The van der Waals surface area contributed by atoms with Gasteiger partial charge in [-0.3, -0.25) is 0 Å². The lowest BCUT2D eigenvalue weighted by Gasteiger charge is -2.17. The highest BCUT2D eigenvalue weighted by atomic mass is 32.1. The van der Waals surface area contributed by atoms with Crippen molar-refractivity contribution in [3.8, 4) is 36.4 Å². The number of hydrogen-bond acceptors (Lipinski definition) is 7. The summed E-state index contributed by atoms with van der Waals surface area (Å²) in [6, 6.07) is 13.5. The van der Waals surface area contributed by atoms with Gasteiger partial charge in [0.1, 0.15) is 16.8 Å². The third-order valence-corrected chi connectivity index (χ3v) is 11.8. The lowest BCUT2D eigenvalue weighted by molar-refractivity contribution is 0.304. The van der Waals surface area contributed by atoms with E-state index in [9.17, 15) is 0 Å². The van der Waals surface area contributed by atoms with Gasteiger partial charge < -0.3 is 4.74 Å². The van der Waals surface area contributed by atoms with Crippen molar-refractivity contribution in [3.63, 3.8) is 0 Å². The topological polar surface area (TPSA) is 35.0 Å². The van der Waals surface area contributed by atoms with Crippen LogP contribution in [0.15, 0.2) is 41.8 Å². The van der Waals surface area contributed by atoms with Gasteiger partial charge in [-0.1, -0.05) is 84.1 Å². The zero-order valence-corrected chi connectivity index (χ0v) is 28.6. The largest absolute Gasteiger partial charge is 0.493 e. The number of unbranched alkanes of at least 4 members (excludes halogenated alkanes) is 10. The molecule has 5 aromatic rings. The summed E-state index contributed by atoms with van der Waals surface area (Å²) < 4.78 is 16.4.